The predicted molar refractivity (Wildman–Crippen MR) is 83.4 cm³/mol. The smallest absolute Gasteiger partial charge is 0.407 e. The van der Waals surface area contributed by atoms with Crippen molar-refractivity contribution in [3.8, 4) is 0 Å². The SMILES string of the molecule is CC=O.CCC=O.O=CCCNC(=O)OCc1ccccc1. The second-order valence-corrected chi connectivity index (χ2v) is 3.75. The van der Waals surface area contributed by atoms with Gasteiger partial charge in [0.2, 0.25) is 0 Å². The summed E-state index contributed by atoms with van der Waals surface area (Å²) in [4.78, 5) is 39.0. The van der Waals surface area contributed by atoms with Gasteiger partial charge in [0.1, 0.15) is 25.5 Å². The molecule has 0 aliphatic carbocycles. The average Bonchev–Trinajstić information content (AvgIpc) is 2.55. The van der Waals surface area contributed by atoms with Gasteiger partial charge in [-0.05, 0) is 12.5 Å². The molecule has 0 aliphatic rings. The zero-order valence-corrected chi connectivity index (χ0v) is 13.0. The van der Waals surface area contributed by atoms with Gasteiger partial charge in [-0.15, -0.1) is 0 Å². The fourth-order valence-corrected chi connectivity index (χ4v) is 1.01. The number of carbonyl (C=O) groups excluding carboxylic acids is 4. The van der Waals surface area contributed by atoms with Gasteiger partial charge in [-0.3, -0.25) is 0 Å². The van der Waals surface area contributed by atoms with Crippen molar-refractivity contribution in [3.63, 3.8) is 0 Å². The van der Waals surface area contributed by atoms with E-state index < -0.39 is 6.09 Å². The highest BCUT2D eigenvalue weighted by atomic mass is 16.5. The molecule has 1 aromatic carbocycles. The van der Waals surface area contributed by atoms with Crippen LogP contribution in [0.4, 0.5) is 4.79 Å². The van der Waals surface area contributed by atoms with Crippen LogP contribution >= 0.6 is 0 Å². The number of aldehydes is 3. The quantitative estimate of drug-likeness (QED) is 0.643. The summed E-state index contributed by atoms with van der Waals surface area (Å²) in [6, 6.07) is 9.40. The third-order valence-electron chi connectivity index (χ3n) is 1.91. The monoisotopic (exact) mass is 309 g/mol. The summed E-state index contributed by atoms with van der Waals surface area (Å²) in [5.41, 5.74) is 0.933. The van der Waals surface area contributed by atoms with Gasteiger partial charge in [-0.1, -0.05) is 37.3 Å². The summed E-state index contributed by atoms with van der Waals surface area (Å²) in [5, 5.41) is 2.46. The summed E-state index contributed by atoms with van der Waals surface area (Å²) in [5.74, 6) is 0. The van der Waals surface area contributed by atoms with Crippen LogP contribution in [0.5, 0.6) is 0 Å². The van der Waals surface area contributed by atoms with Crippen LogP contribution in [0.3, 0.4) is 0 Å². The van der Waals surface area contributed by atoms with Gasteiger partial charge < -0.3 is 24.4 Å². The number of amides is 1. The number of carbonyl (C=O) groups is 4. The summed E-state index contributed by atoms with van der Waals surface area (Å²) < 4.78 is 4.91. The van der Waals surface area contributed by atoms with Crippen LogP contribution in [0.2, 0.25) is 0 Å². The highest BCUT2D eigenvalue weighted by Gasteiger charge is 2.00. The number of rotatable bonds is 6. The Morgan fingerprint density at radius 2 is 1.68 bits per heavy atom. The largest absolute Gasteiger partial charge is 0.445 e. The van der Waals surface area contributed by atoms with Crippen LogP contribution in [0.1, 0.15) is 32.3 Å². The van der Waals surface area contributed by atoms with Crippen LogP contribution < -0.4 is 5.32 Å². The van der Waals surface area contributed by atoms with Crippen molar-refractivity contribution in [1.82, 2.24) is 5.32 Å². The van der Waals surface area contributed by atoms with E-state index in [2.05, 4.69) is 5.32 Å². The van der Waals surface area contributed by atoms with E-state index in [-0.39, 0.29) is 6.61 Å². The Morgan fingerprint density at radius 1 is 1.14 bits per heavy atom. The molecule has 0 fully saturated rings. The average molecular weight is 309 g/mol. The first-order valence-corrected chi connectivity index (χ1v) is 6.87. The molecule has 0 radical (unpaired) electrons. The topological polar surface area (TPSA) is 89.5 Å². The fourth-order valence-electron chi connectivity index (χ4n) is 1.01. The van der Waals surface area contributed by atoms with E-state index >= 15 is 0 Å². The van der Waals surface area contributed by atoms with E-state index in [4.69, 9.17) is 9.53 Å². The number of nitrogens with one attached hydrogen (secondary N) is 1. The molecule has 0 unspecified atom stereocenters. The minimum atomic E-state index is -0.499. The van der Waals surface area contributed by atoms with Crippen molar-refractivity contribution in [3.05, 3.63) is 35.9 Å². The maximum Gasteiger partial charge on any atom is 0.407 e. The Bertz CT molecular complexity index is 406. The molecule has 6 nitrogen and oxygen atoms in total. The minimum Gasteiger partial charge on any atom is -0.445 e. The van der Waals surface area contributed by atoms with Gasteiger partial charge in [0.05, 0.1) is 0 Å². The fraction of sp³-hybridized carbons (Fsp3) is 0.375. The first-order chi connectivity index (χ1) is 10.7. The van der Waals surface area contributed by atoms with Gasteiger partial charge in [-0.25, -0.2) is 4.79 Å². The molecule has 0 saturated carbocycles. The van der Waals surface area contributed by atoms with Crippen LogP contribution in [0.25, 0.3) is 0 Å². The van der Waals surface area contributed by atoms with Crippen molar-refractivity contribution in [1.29, 1.82) is 0 Å². The van der Waals surface area contributed by atoms with Crippen LogP contribution in [0.15, 0.2) is 30.3 Å². The first-order valence-electron chi connectivity index (χ1n) is 6.87. The summed E-state index contributed by atoms with van der Waals surface area (Å²) in [6.07, 6.45) is 2.82. The van der Waals surface area contributed by atoms with Gasteiger partial charge in [0.25, 0.3) is 0 Å². The normalized spacial score (nSPS) is 8.09. The Balaban J connectivity index is 0. The zero-order valence-electron chi connectivity index (χ0n) is 13.0. The third kappa shape index (κ3) is 17.5. The van der Waals surface area contributed by atoms with Crippen LogP contribution in [-0.2, 0) is 25.7 Å². The van der Waals surface area contributed by atoms with E-state index in [1.54, 1.807) is 0 Å². The standard InChI is InChI=1S/C11H13NO3.C3H6O.C2H4O/c13-8-4-7-12-11(14)15-9-10-5-2-1-3-6-10;1-2-3-4;1-2-3/h1-3,5-6,8H,4,7,9H2,(H,12,14);3H,2H2,1H3;2H,1H3. The number of hydrogen-bond donors (Lipinski definition) is 1. The molecule has 0 aliphatic heterocycles. The molecule has 1 N–H and O–H groups in total. The van der Waals surface area contributed by atoms with E-state index in [1.165, 1.54) is 6.92 Å². The number of hydrogen-bond acceptors (Lipinski definition) is 5. The molecular formula is C16H23NO5. The highest BCUT2D eigenvalue weighted by Crippen LogP contribution is 2.00. The lowest BCUT2D eigenvalue weighted by Crippen LogP contribution is -2.25. The molecule has 0 saturated heterocycles. The lowest BCUT2D eigenvalue weighted by molar-refractivity contribution is -0.108. The van der Waals surface area contributed by atoms with E-state index in [0.29, 0.717) is 19.4 Å². The van der Waals surface area contributed by atoms with Gasteiger partial charge >= 0.3 is 6.09 Å². The number of alkyl carbamates (subject to hydrolysis) is 1. The maximum atomic E-state index is 11.0. The predicted octanol–water partition coefficient (Wildman–Crippen LogP) is 2.30. The molecule has 122 valence electrons. The third-order valence-corrected chi connectivity index (χ3v) is 1.91. The Morgan fingerprint density at radius 3 is 2.14 bits per heavy atom. The molecule has 1 aromatic rings. The molecule has 0 atom stereocenters. The lowest BCUT2D eigenvalue weighted by Gasteiger charge is -2.05. The maximum absolute atomic E-state index is 11.0. The minimum absolute atomic E-state index is 0.244. The van der Waals surface area contributed by atoms with Crippen LogP contribution in [-0.4, -0.2) is 31.5 Å². The van der Waals surface area contributed by atoms with Crippen molar-refractivity contribution in [2.24, 2.45) is 0 Å². The first kappa shape index (κ1) is 21.8. The molecule has 1 amide bonds. The molecule has 0 aromatic heterocycles. The molecular weight excluding hydrogens is 286 g/mol. The molecule has 0 heterocycles. The van der Waals surface area contributed by atoms with Gasteiger partial charge in [0.15, 0.2) is 0 Å². The van der Waals surface area contributed by atoms with Crippen molar-refractivity contribution in [2.45, 2.75) is 33.3 Å². The molecule has 6 heteroatoms. The van der Waals surface area contributed by atoms with Crippen molar-refractivity contribution < 1.29 is 23.9 Å². The van der Waals surface area contributed by atoms with Crippen molar-refractivity contribution in [2.75, 3.05) is 6.54 Å². The molecule has 0 spiro atoms. The Labute approximate surface area is 130 Å². The van der Waals surface area contributed by atoms with Crippen molar-refractivity contribution >= 4 is 25.0 Å². The molecule has 1 rings (SSSR count). The van der Waals surface area contributed by atoms with Gasteiger partial charge in [0, 0.05) is 19.4 Å². The van der Waals surface area contributed by atoms with Crippen LogP contribution in [0, 0.1) is 0 Å². The Hall–Kier alpha value is -2.50. The van der Waals surface area contributed by atoms with E-state index in [9.17, 15) is 14.4 Å². The molecule has 22 heavy (non-hydrogen) atoms. The zero-order chi connectivity index (χ0) is 17.1. The second kappa shape index (κ2) is 18.5. The van der Waals surface area contributed by atoms with E-state index in [0.717, 1.165) is 24.4 Å². The number of benzene rings is 1. The molecule has 0 bridgehead atoms. The summed E-state index contributed by atoms with van der Waals surface area (Å²) in [6.45, 7) is 3.82. The lowest BCUT2D eigenvalue weighted by atomic mass is 10.2. The number of ether oxygens (including phenoxy) is 1. The highest BCUT2D eigenvalue weighted by molar-refractivity contribution is 5.67. The second-order valence-electron chi connectivity index (χ2n) is 3.75. The summed E-state index contributed by atoms with van der Waals surface area (Å²) in [7, 11) is 0. The van der Waals surface area contributed by atoms with Gasteiger partial charge in [-0.2, -0.15) is 0 Å². The Kier molecular flexibility index (Phi) is 18.3. The summed E-state index contributed by atoms with van der Waals surface area (Å²) >= 11 is 0. The van der Waals surface area contributed by atoms with E-state index in [1.807, 2.05) is 37.3 Å².